The highest BCUT2D eigenvalue weighted by Gasteiger charge is 2.36. The van der Waals surface area contributed by atoms with Crippen LogP contribution < -0.4 is 10.2 Å². The van der Waals surface area contributed by atoms with Crippen LogP contribution in [0, 0.1) is 5.92 Å². The number of carbonyl (C=O) groups is 1. The van der Waals surface area contributed by atoms with E-state index < -0.39 is 28.5 Å². The zero-order valence-corrected chi connectivity index (χ0v) is 19.7. The van der Waals surface area contributed by atoms with Gasteiger partial charge >= 0.3 is 12.1 Å². The molecule has 1 N–H and O–H groups in total. The van der Waals surface area contributed by atoms with E-state index >= 15 is 0 Å². The maximum absolute atomic E-state index is 13.4. The summed E-state index contributed by atoms with van der Waals surface area (Å²) in [6.45, 7) is 0.319. The van der Waals surface area contributed by atoms with E-state index in [0.717, 1.165) is 18.2 Å². The number of aliphatic carboxylic acids is 1. The largest absolute Gasteiger partial charge is 0.490 e. The van der Waals surface area contributed by atoms with Gasteiger partial charge in [-0.15, -0.1) is 0 Å². The third-order valence-corrected chi connectivity index (χ3v) is 6.27. The molecule has 0 unspecified atom stereocenters. The van der Waals surface area contributed by atoms with E-state index in [0.29, 0.717) is 28.6 Å². The minimum atomic E-state index is -4.75. The Bertz CT molecular complexity index is 1300. The van der Waals surface area contributed by atoms with Crippen molar-refractivity contribution < 1.29 is 37.0 Å². The van der Waals surface area contributed by atoms with Crippen LogP contribution in [0.2, 0.25) is 5.02 Å². The Hall–Kier alpha value is -2.56. The van der Waals surface area contributed by atoms with E-state index in [1.807, 2.05) is 0 Å². The summed E-state index contributed by atoms with van der Waals surface area (Å²) in [6.07, 6.45) is -4.01. The van der Waals surface area contributed by atoms with Crippen LogP contribution in [0.3, 0.4) is 0 Å². The fourth-order valence-electron chi connectivity index (χ4n) is 3.69. The first-order valence-electron chi connectivity index (χ1n) is 10.1. The molecule has 1 saturated carbocycles. The number of hydrogen-bond donors (Lipinski definition) is 1. The fourth-order valence-corrected chi connectivity index (χ4v) is 4.23. The van der Waals surface area contributed by atoms with E-state index in [1.54, 1.807) is 18.2 Å². The molecule has 1 fully saturated rings. The van der Waals surface area contributed by atoms with E-state index in [1.165, 1.54) is 0 Å². The number of alkyl halides is 3. The summed E-state index contributed by atoms with van der Waals surface area (Å²) in [5.41, 5.74) is -2.04. The summed E-state index contributed by atoms with van der Waals surface area (Å²) in [4.78, 5) is 23.6. The zero-order valence-electron chi connectivity index (χ0n) is 17.3. The van der Waals surface area contributed by atoms with Gasteiger partial charge in [0.05, 0.1) is 40.2 Å². The van der Waals surface area contributed by atoms with Crippen molar-refractivity contribution in [2.45, 2.75) is 25.1 Å². The molecule has 1 aliphatic rings. The van der Waals surface area contributed by atoms with Crippen LogP contribution in [0.5, 0.6) is 5.75 Å². The number of carboxylic acids is 1. The van der Waals surface area contributed by atoms with Crippen LogP contribution in [-0.4, -0.2) is 30.4 Å². The Balaban J connectivity index is 1.59. The molecule has 1 aromatic heterocycles. The van der Waals surface area contributed by atoms with Crippen molar-refractivity contribution in [1.29, 1.82) is 0 Å². The highest BCUT2D eigenvalue weighted by molar-refractivity contribution is 9.10. The zero-order chi connectivity index (χ0) is 24.6. The van der Waals surface area contributed by atoms with E-state index in [4.69, 9.17) is 30.6 Å². The lowest BCUT2D eigenvalue weighted by Gasteiger charge is -2.32. The lowest BCUT2D eigenvalue weighted by atomic mass is 9.82. The molecule has 0 atom stereocenters. The molecule has 2 aromatic carbocycles. The molecule has 0 radical (unpaired) electrons. The van der Waals surface area contributed by atoms with E-state index in [9.17, 15) is 22.8 Å². The second-order valence-electron chi connectivity index (χ2n) is 7.76. The topological polar surface area (TPSA) is 86.0 Å². The molecule has 1 aliphatic carbocycles. The highest BCUT2D eigenvalue weighted by atomic mass is 79.9. The second-order valence-corrected chi connectivity index (χ2v) is 9.08. The molecule has 0 amide bonds. The molecular weight excluding hydrogens is 545 g/mol. The molecule has 1 heterocycles. The van der Waals surface area contributed by atoms with Gasteiger partial charge < -0.3 is 19.0 Å². The Morgan fingerprint density at radius 3 is 2.59 bits per heavy atom. The van der Waals surface area contributed by atoms with Gasteiger partial charge in [0.15, 0.2) is 11.0 Å². The molecule has 34 heavy (non-hydrogen) atoms. The van der Waals surface area contributed by atoms with Crippen LogP contribution in [0.25, 0.3) is 22.3 Å². The minimum Gasteiger partial charge on any atom is -0.490 e. The maximum atomic E-state index is 13.4. The summed E-state index contributed by atoms with van der Waals surface area (Å²) in [5, 5.41) is 8.14. The van der Waals surface area contributed by atoms with Gasteiger partial charge in [-0.1, -0.05) is 27.5 Å². The monoisotopic (exact) mass is 560 g/mol. The molecule has 0 saturated heterocycles. The standard InChI is InChI=1S/C23H17BrClF3O6/c24-12-1-2-14(18(9-12)33-6-5-32-13-7-11(8-13)22(30)31)19-10-17(29)20-15(23(26,27)28)3-4-16(25)21(20)34-19/h1-4,9-11,13H,5-8H2,(H,30,31)/t11-,13-. The number of halogens is 5. The van der Waals surface area contributed by atoms with Crippen molar-refractivity contribution in [2.24, 2.45) is 5.92 Å². The van der Waals surface area contributed by atoms with Gasteiger partial charge in [0.25, 0.3) is 0 Å². The highest BCUT2D eigenvalue weighted by Crippen LogP contribution is 2.39. The number of ether oxygens (including phenoxy) is 2. The molecule has 3 aromatic rings. The Morgan fingerprint density at radius 2 is 1.91 bits per heavy atom. The van der Waals surface area contributed by atoms with Crippen molar-refractivity contribution in [3.05, 3.63) is 61.7 Å². The van der Waals surface area contributed by atoms with Crippen molar-refractivity contribution in [3.63, 3.8) is 0 Å². The van der Waals surface area contributed by atoms with Gasteiger partial charge in [-0.2, -0.15) is 13.2 Å². The van der Waals surface area contributed by atoms with Crippen LogP contribution in [0.4, 0.5) is 13.2 Å². The van der Waals surface area contributed by atoms with Crippen LogP contribution >= 0.6 is 27.5 Å². The smallest absolute Gasteiger partial charge is 0.417 e. The molecule has 0 aliphatic heterocycles. The van der Waals surface area contributed by atoms with Crippen molar-refractivity contribution in [2.75, 3.05) is 13.2 Å². The average molecular weight is 562 g/mol. The predicted molar refractivity (Wildman–Crippen MR) is 121 cm³/mol. The van der Waals surface area contributed by atoms with E-state index in [-0.39, 0.29) is 41.6 Å². The second kappa shape index (κ2) is 9.59. The lowest BCUT2D eigenvalue weighted by molar-refractivity contribution is -0.151. The number of carboxylic acid groups (broad SMARTS) is 1. The van der Waals surface area contributed by atoms with Gasteiger partial charge in [-0.3, -0.25) is 9.59 Å². The fraction of sp³-hybridized carbons (Fsp3) is 0.304. The third kappa shape index (κ3) is 5.08. The Labute approximate surface area is 204 Å². The normalized spacial score (nSPS) is 18.0. The molecule has 4 rings (SSSR count). The van der Waals surface area contributed by atoms with Gasteiger partial charge in [0.2, 0.25) is 0 Å². The number of rotatable bonds is 7. The first-order valence-corrected chi connectivity index (χ1v) is 11.3. The summed E-state index contributed by atoms with van der Waals surface area (Å²) in [5.74, 6) is -0.927. The maximum Gasteiger partial charge on any atom is 0.417 e. The quantitative estimate of drug-likeness (QED) is 0.348. The van der Waals surface area contributed by atoms with Crippen molar-refractivity contribution in [3.8, 4) is 17.1 Å². The molecule has 180 valence electrons. The Kier molecular flexibility index (Phi) is 6.93. The van der Waals surface area contributed by atoms with Crippen LogP contribution in [0.15, 0.2) is 50.1 Å². The summed E-state index contributed by atoms with van der Waals surface area (Å²) in [7, 11) is 0. The molecule has 0 spiro atoms. The van der Waals surface area contributed by atoms with Crippen LogP contribution in [-0.2, 0) is 15.7 Å². The van der Waals surface area contributed by atoms with Crippen LogP contribution in [0.1, 0.15) is 18.4 Å². The molecule has 6 nitrogen and oxygen atoms in total. The third-order valence-electron chi connectivity index (χ3n) is 5.48. The predicted octanol–water partition coefficient (Wildman–Crippen LogP) is 6.15. The first-order chi connectivity index (χ1) is 16.0. The summed E-state index contributed by atoms with van der Waals surface area (Å²) in [6, 6.07) is 7.63. The Morgan fingerprint density at radius 1 is 1.18 bits per heavy atom. The molecular formula is C23H17BrClF3O6. The average Bonchev–Trinajstić information content (AvgIpc) is 2.71. The number of hydrogen-bond acceptors (Lipinski definition) is 5. The van der Waals surface area contributed by atoms with Gasteiger partial charge in [-0.25, -0.2) is 0 Å². The first kappa shape index (κ1) is 24.6. The minimum absolute atomic E-state index is 0.00886. The summed E-state index contributed by atoms with van der Waals surface area (Å²) >= 11 is 9.40. The molecule has 0 bridgehead atoms. The molecule has 11 heteroatoms. The number of benzene rings is 2. The lowest BCUT2D eigenvalue weighted by Crippen LogP contribution is -2.37. The van der Waals surface area contributed by atoms with Gasteiger partial charge in [0.1, 0.15) is 18.1 Å². The number of fused-ring (bicyclic) bond motifs is 1. The summed E-state index contributed by atoms with van der Waals surface area (Å²) < 4.78 is 57.9. The van der Waals surface area contributed by atoms with Gasteiger partial charge in [0, 0.05) is 10.5 Å². The van der Waals surface area contributed by atoms with Crippen molar-refractivity contribution in [1.82, 2.24) is 0 Å². The SMILES string of the molecule is O=c1cc(-c2ccc(Br)cc2OCCO[C@H]2C[C@H](C(=O)O)C2)oc2c(Cl)ccc(C(F)(F)F)c12. The van der Waals surface area contributed by atoms with Crippen molar-refractivity contribution >= 4 is 44.5 Å². The van der Waals surface area contributed by atoms with Gasteiger partial charge in [-0.05, 0) is 43.2 Å². The van der Waals surface area contributed by atoms with E-state index in [2.05, 4.69) is 15.9 Å².